The third-order valence-corrected chi connectivity index (χ3v) is 3.00. The van der Waals surface area contributed by atoms with Crippen molar-refractivity contribution in [2.24, 2.45) is 5.92 Å². The Balaban J connectivity index is 1.63. The van der Waals surface area contributed by atoms with Crippen LogP contribution in [0.5, 0.6) is 0 Å². The van der Waals surface area contributed by atoms with E-state index in [0.717, 1.165) is 26.3 Å². The first kappa shape index (κ1) is 9.12. The fraction of sp³-hybridized carbons (Fsp3) is 0.667. The predicted octanol–water partition coefficient (Wildman–Crippen LogP) is 1.27. The van der Waals surface area contributed by atoms with Gasteiger partial charge >= 0.3 is 0 Å². The monoisotopic (exact) mass is 198 g/mol. The standard InChI is InChI=1S/C9H14N2OS/c1-3-12-7-8(1)5-10-6-9-11-2-4-13-9/h2,4,8,10H,1,3,5-7H2. The van der Waals surface area contributed by atoms with Gasteiger partial charge in [-0.15, -0.1) is 11.3 Å². The zero-order valence-electron chi connectivity index (χ0n) is 7.53. The van der Waals surface area contributed by atoms with Crippen molar-refractivity contribution in [2.45, 2.75) is 13.0 Å². The van der Waals surface area contributed by atoms with Crippen LogP contribution in [0.15, 0.2) is 11.6 Å². The zero-order chi connectivity index (χ0) is 8.93. The molecule has 0 spiro atoms. The lowest BCUT2D eigenvalue weighted by Crippen LogP contribution is -2.22. The van der Waals surface area contributed by atoms with Crippen LogP contribution in [0.3, 0.4) is 0 Å². The van der Waals surface area contributed by atoms with E-state index in [1.54, 1.807) is 11.3 Å². The normalized spacial score (nSPS) is 22.3. The fourth-order valence-corrected chi connectivity index (χ4v) is 2.05. The molecule has 0 saturated carbocycles. The molecule has 3 nitrogen and oxygen atoms in total. The molecule has 1 aliphatic heterocycles. The second-order valence-electron chi connectivity index (χ2n) is 3.29. The third-order valence-electron chi connectivity index (χ3n) is 2.22. The number of rotatable bonds is 4. The topological polar surface area (TPSA) is 34.1 Å². The molecule has 2 rings (SSSR count). The Morgan fingerprint density at radius 3 is 3.38 bits per heavy atom. The molecule has 0 amide bonds. The Morgan fingerprint density at radius 2 is 2.69 bits per heavy atom. The van der Waals surface area contributed by atoms with Crippen molar-refractivity contribution >= 4 is 11.3 Å². The van der Waals surface area contributed by atoms with Crippen molar-refractivity contribution in [1.29, 1.82) is 0 Å². The van der Waals surface area contributed by atoms with Crippen molar-refractivity contribution in [2.75, 3.05) is 19.8 Å². The van der Waals surface area contributed by atoms with Gasteiger partial charge in [0.25, 0.3) is 0 Å². The molecule has 1 N–H and O–H groups in total. The summed E-state index contributed by atoms with van der Waals surface area (Å²) in [5.74, 6) is 0.708. The number of hydrogen-bond acceptors (Lipinski definition) is 4. The number of thiazole rings is 1. The molecule has 4 heteroatoms. The average Bonchev–Trinajstić information content (AvgIpc) is 2.75. The zero-order valence-corrected chi connectivity index (χ0v) is 8.35. The first-order valence-corrected chi connectivity index (χ1v) is 5.50. The number of ether oxygens (including phenoxy) is 1. The van der Waals surface area contributed by atoms with E-state index in [0.29, 0.717) is 5.92 Å². The van der Waals surface area contributed by atoms with Gasteiger partial charge < -0.3 is 10.1 Å². The molecular weight excluding hydrogens is 184 g/mol. The second-order valence-corrected chi connectivity index (χ2v) is 4.27. The molecule has 13 heavy (non-hydrogen) atoms. The Labute approximate surface area is 82.1 Å². The van der Waals surface area contributed by atoms with E-state index in [4.69, 9.17) is 4.74 Å². The van der Waals surface area contributed by atoms with E-state index >= 15 is 0 Å². The van der Waals surface area contributed by atoms with Crippen LogP contribution in [0.1, 0.15) is 11.4 Å². The van der Waals surface area contributed by atoms with E-state index in [1.807, 2.05) is 11.6 Å². The lowest BCUT2D eigenvalue weighted by molar-refractivity contribution is 0.185. The van der Waals surface area contributed by atoms with Gasteiger partial charge in [-0.3, -0.25) is 0 Å². The molecule has 0 bridgehead atoms. The molecule has 1 atom stereocenters. The first-order valence-electron chi connectivity index (χ1n) is 4.62. The van der Waals surface area contributed by atoms with Gasteiger partial charge in [-0.1, -0.05) is 0 Å². The van der Waals surface area contributed by atoms with E-state index in [1.165, 1.54) is 11.4 Å². The van der Waals surface area contributed by atoms with E-state index in [2.05, 4.69) is 10.3 Å². The van der Waals surface area contributed by atoms with Crippen LogP contribution in [0.25, 0.3) is 0 Å². The molecule has 72 valence electrons. The molecule has 1 aliphatic rings. The second kappa shape index (κ2) is 4.69. The smallest absolute Gasteiger partial charge is 0.106 e. The molecular formula is C9H14N2OS. The molecule has 1 fully saturated rings. The third kappa shape index (κ3) is 2.76. The minimum absolute atomic E-state index is 0.708. The van der Waals surface area contributed by atoms with Crippen LogP contribution in [-0.2, 0) is 11.3 Å². The van der Waals surface area contributed by atoms with Crippen molar-refractivity contribution in [3.05, 3.63) is 16.6 Å². The summed E-state index contributed by atoms with van der Waals surface area (Å²) in [6, 6.07) is 0. The lowest BCUT2D eigenvalue weighted by Gasteiger charge is -2.07. The molecule has 0 aliphatic carbocycles. The number of nitrogens with one attached hydrogen (secondary N) is 1. The summed E-state index contributed by atoms with van der Waals surface area (Å²) >= 11 is 1.70. The molecule has 1 aromatic heterocycles. The highest BCUT2D eigenvalue weighted by molar-refractivity contribution is 7.09. The van der Waals surface area contributed by atoms with Gasteiger partial charge in [-0.25, -0.2) is 4.98 Å². The van der Waals surface area contributed by atoms with Gasteiger partial charge in [-0.2, -0.15) is 0 Å². The van der Waals surface area contributed by atoms with Crippen molar-refractivity contribution in [3.8, 4) is 0 Å². The van der Waals surface area contributed by atoms with Crippen LogP contribution < -0.4 is 5.32 Å². The Bertz CT molecular complexity index is 232. The molecule has 0 aromatic carbocycles. The summed E-state index contributed by atoms with van der Waals surface area (Å²) in [6.45, 7) is 3.81. The largest absolute Gasteiger partial charge is 0.381 e. The van der Waals surface area contributed by atoms with Crippen LogP contribution in [0.4, 0.5) is 0 Å². The highest BCUT2D eigenvalue weighted by Crippen LogP contribution is 2.11. The van der Waals surface area contributed by atoms with Crippen LogP contribution in [-0.4, -0.2) is 24.7 Å². The van der Waals surface area contributed by atoms with Crippen molar-refractivity contribution in [1.82, 2.24) is 10.3 Å². The van der Waals surface area contributed by atoms with Gasteiger partial charge in [0.2, 0.25) is 0 Å². The van der Waals surface area contributed by atoms with Gasteiger partial charge in [-0.05, 0) is 12.3 Å². The first-order chi connectivity index (χ1) is 6.45. The highest BCUT2D eigenvalue weighted by atomic mass is 32.1. The van der Waals surface area contributed by atoms with E-state index in [9.17, 15) is 0 Å². The molecule has 1 unspecified atom stereocenters. The average molecular weight is 198 g/mol. The minimum atomic E-state index is 0.708. The van der Waals surface area contributed by atoms with Gasteiger partial charge in [0.05, 0.1) is 6.61 Å². The maximum atomic E-state index is 5.29. The quantitative estimate of drug-likeness (QED) is 0.791. The highest BCUT2D eigenvalue weighted by Gasteiger charge is 2.14. The van der Waals surface area contributed by atoms with Gasteiger partial charge in [0.1, 0.15) is 5.01 Å². The fourth-order valence-electron chi connectivity index (χ4n) is 1.47. The summed E-state index contributed by atoms with van der Waals surface area (Å²) in [5, 5.41) is 6.57. The van der Waals surface area contributed by atoms with Crippen LogP contribution in [0.2, 0.25) is 0 Å². The van der Waals surface area contributed by atoms with E-state index in [-0.39, 0.29) is 0 Å². The molecule has 0 radical (unpaired) electrons. The summed E-state index contributed by atoms with van der Waals surface area (Å²) in [6.07, 6.45) is 3.05. The van der Waals surface area contributed by atoms with Crippen molar-refractivity contribution < 1.29 is 4.74 Å². The summed E-state index contributed by atoms with van der Waals surface area (Å²) in [4.78, 5) is 4.21. The Hall–Kier alpha value is -0.450. The van der Waals surface area contributed by atoms with Crippen molar-refractivity contribution in [3.63, 3.8) is 0 Å². The maximum Gasteiger partial charge on any atom is 0.106 e. The predicted molar refractivity (Wildman–Crippen MR) is 52.7 cm³/mol. The van der Waals surface area contributed by atoms with E-state index < -0.39 is 0 Å². The SMILES string of the molecule is c1csc(CNCC2CCOC2)n1. The summed E-state index contributed by atoms with van der Waals surface area (Å²) in [7, 11) is 0. The lowest BCUT2D eigenvalue weighted by atomic mass is 10.1. The van der Waals surface area contributed by atoms with Crippen LogP contribution >= 0.6 is 11.3 Å². The van der Waals surface area contributed by atoms with Crippen LogP contribution in [0, 0.1) is 5.92 Å². The maximum absolute atomic E-state index is 5.29. The Morgan fingerprint density at radius 1 is 1.69 bits per heavy atom. The minimum Gasteiger partial charge on any atom is -0.381 e. The number of aromatic nitrogens is 1. The van der Waals surface area contributed by atoms with Gasteiger partial charge in [0.15, 0.2) is 0 Å². The van der Waals surface area contributed by atoms with Gasteiger partial charge in [0, 0.05) is 31.3 Å². The molecule has 1 saturated heterocycles. The Kier molecular flexibility index (Phi) is 3.29. The number of hydrogen-bond donors (Lipinski definition) is 1. The molecule has 2 heterocycles. The summed E-state index contributed by atoms with van der Waals surface area (Å²) < 4.78 is 5.29. The molecule has 1 aromatic rings. The number of nitrogens with zero attached hydrogens (tertiary/aromatic N) is 1. The summed E-state index contributed by atoms with van der Waals surface area (Å²) in [5.41, 5.74) is 0.